The van der Waals surface area contributed by atoms with Crippen molar-refractivity contribution < 1.29 is 9.90 Å². The summed E-state index contributed by atoms with van der Waals surface area (Å²) < 4.78 is 0. The summed E-state index contributed by atoms with van der Waals surface area (Å²) in [6.45, 7) is 8.28. The molecule has 0 bridgehead atoms. The Morgan fingerprint density at radius 1 is 1.29 bits per heavy atom. The van der Waals surface area contributed by atoms with Crippen molar-refractivity contribution in [3.05, 3.63) is 35.4 Å². The van der Waals surface area contributed by atoms with Gasteiger partial charge in [0, 0.05) is 12.6 Å². The lowest BCUT2D eigenvalue weighted by Gasteiger charge is -2.37. The molecular formula is C18H27NO2. The van der Waals surface area contributed by atoms with Gasteiger partial charge < -0.3 is 5.11 Å². The number of carboxylic acid groups (broad SMARTS) is 1. The van der Waals surface area contributed by atoms with Crippen LogP contribution >= 0.6 is 0 Å². The van der Waals surface area contributed by atoms with E-state index >= 15 is 0 Å². The molecule has 0 saturated carbocycles. The van der Waals surface area contributed by atoms with Crippen molar-refractivity contribution in [1.29, 1.82) is 0 Å². The van der Waals surface area contributed by atoms with E-state index in [1.54, 1.807) is 0 Å². The van der Waals surface area contributed by atoms with Crippen molar-refractivity contribution in [2.75, 3.05) is 13.1 Å². The van der Waals surface area contributed by atoms with Crippen LogP contribution in [0, 0.1) is 5.92 Å². The molecule has 1 aromatic carbocycles. The fourth-order valence-electron chi connectivity index (χ4n) is 3.30. The number of hydrogen-bond acceptors (Lipinski definition) is 2. The first kappa shape index (κ1) is 16.0. The normalized spacial score (nSPS) is 21.4. The molecule has 1 aromatic rings. The van der Waals surface area contributed by atoms with E-state index in [0.29, 0.717) is 18.5 Å². The predicted octanol–water partition coefficient (Wildman–Crippen LogP) is 4.06. The average molecular weight is 289 g/mol. The average Bonchev–Trinajstić information content (AvgIpc) is 2.49. The molecule has 1 saturated heterocycles. The van der Waals surface area contributed by atoms with Crippen molar-refractivity contribution in [1.82, 2.24) is 4.90 Å². The van der Waals surface area contributed by atoms with E-state index in [9.17, 15) is 9.90 Å². The summed E-state index contributed by atoms with van der Waals surface area (Å²) in [6, 6.07) is 9.19. The summed E-state index contributed by atoms with van der Waals surface area (Å²) in [7, 11) is 0. The van der Waals surface area contributed by atoms with Crippen molar-refractivity contribution >= 4 is 5.97 Å². The highest BCUT2D eigenvalue weighted by molar-refractivity contribution is 5.70. The third-order valence-electron chi connectivity index (χ3n) is 4.62. The van der Waals surface area contributed by atoms with E-state index < -0.39 is 5.97 Å². The molecule has 0 radical (unpaired) electrons. The minimum atomic E-state index is -0.648. The van der Waals surface area contributed by atoms with Gasteiger partial charge in [0.05, 0.1) is 5.92 Å². The van der Waals surface area contributed by atoms with Crippen LogP contribution in [0.15, 0.2) is 24.3 Å². The molecule has 2 rings (SSSR count). The topological polar surface area (TPSA) is 40.5 Å². The van der Waals surface area contributed by atoms with Crippen LogP contribution in [0.2, 0.25) is 0 Å². The number of piperidine rings is 1. The van der Waals surface area contributed by atoms with Crippen LogP contribution in [0.25, 0.3) is 0 Å². The lowest BCUT2D eigenvalue weighted by molar-refractivity contribution is -0.144. The Kier molecular flexibility index (Phi) is 5.40. The highest BCUT2D eigenvalue weighted by atomic mass is 16.4. The zero-order valence-corrected chi connectivity index (χ0v) is 13.4. The maximum Gasteiger partial charge on any atom is 0.307 e. The Morgan fingerprint density at radius 2 is 1.90 bits per heavy atom. The molecule has 1 aliphatic rings. The summed E-state index contributed by atoms with van der Waals surface area (Å²) in [5.74, 6) is -0.307. The van der Waals surface area contributed by atoms with Crippen molar-refractivity contribution in [2.45, 2.75) is 52.0 Å². The minimum absolute atomic E-state index is 0.206. The van der Waals surface area contributed by atoms with Gasteiger partial charge >= 0.3 is 5.97 Å². The van der Waals surface area contributed by atoms with Crippen LogP contribution in [0.5, 0.6) is 0 Å². The van der Waals surface area contributed by atoms with E-state index in [4.69, 9.17) is 0 Å². The van der Waals surface area contributed by atoms with Gasteiger partial charge in [0.2, 0.25) is 0 Å². The van der Waals surface area contributed by atoms with Gasteiger partial charge in [-0.05, 0) is 42.9 Å². The predicted molar refractivity (Wildman–Crippen MR) is 85.5 cm³/mol. The number of aliphatic carboxylic acids is 1. The summed E-state index contributed by atoms with van der Waals surface area (Å²) >= 11 is 0. The van der Waals surface area contributed by atoms with Crippen molar-refractivity contribution in [3.8, 4) is 0 Å². The van der Waals surface area contributed by atoms with Gasteiger partial charge in [-0.1, -0.05) is 45.0 Å². The fraction of sp³-hybridized carbons (Fsp3) is 0.611. The van der Waals surface area contributed by atoms with E-state index in [1.165, 1.54) is 11.1 Å². The van der Waals surface area contributed by atoms with Crippen molar-refractivity contribution in [2.24, 2.45) is 5.92 Å². The van der Waals surface area contributed by atoms with Crippen LogP contribution in [0.1, 0.15) is 63.1 Å². The Balaban J connectivity index is 2.13. The summed E-state index contributed by atoms with van der Waals surface area (Å²) in [6.07, 6.45) is 2.82. The van der Waals surface area contributed by atoms with E-state index in [-0.39, 0.29) is 5.92 Å². The third-order valence-corrected chi connectivity index (χ3v) is 4.62. The van der Waals surface area contributed by atoms with E-state index in [2.05, 4.69) is 49.9 Å². The van der Waals surface area contributed by atoms with Crippen LogP contribution in [-0.2, 0) is 4.79 Å². The zero-order chi connectivity index (χ0) is 15.4. The first-order valence-corrected chi connectivity index (χ1v) is 8.09. The molecule has 0 amide bonds. The molecule has 0 spiro atoms. The molecule has 3 heteroatoms. The SMILES string of the molecule is CCC(c1ccc(C(C)C)cc1)N1CCCC(C(=O)O)C1. The lowest BCUT2D eigenvalue weighted by atomic mass is 9.93. The summed E-state index contributed by atoms with van der Waals surface area (Å²) in [4.78, 5) is 13.6. The number of nitrogens with zero attached hydrogens (tertiary/aromatic N) is 1. The van der Waals surface area contributed by atoms with Gasteiger partial charge in [-0.3, -0.25) is 9.69 Å². The standard InChI is InChI=1S/C18H27NO2/c1-4-17(15-9-7-14(8-10-15)13(2)3)19-11-5-6-16(12-19)18(20)21/h7-10,13,16-17H,4-6,11-12H2,1-3H3,(H,20,21). The van der Waals surface area contributed by atoms with E-state index in [0.717, 1.165) is 25.8 Å². The molecule has 21 heavy (non-hydrogen) atoms. The number of carboxylic acids is 1. The van der Waals surface area contributed by atoms with Crippen LogP contribution in [-0.4, -0.2) is 29.1 Å². The van der Waals surface area contributed by atoms with Gasteiger partial charge in [0.15, 0.2) is 0 Å². The number of carbonyl (C=O) groups is 1. The Labute approximate surface area is 128 Å². The second kappa shape index (κ2) is 7.08. The molecule has 1 heterocycles. The molecule has 1 fully saturated rings. The Morgan fingerprint density at radius 3 is 2.43 bits per heavy atom. The second-order valence-corrected chi connectivity index (χ2v) is 6.42. The fourth-order valence-corrected chi connectivity index (χ4v) is 3.30. The summed E-state index contributed by atoms with van der Waals surface area (Å²) in [5, 5.41) is 9.25. The van der Waals surface area contributed by atoms with E-state index in [1.807, 2.05) is 0 Å². The number of rotatable bonds is 5. The molecule has 0 aromatic heterocycles. The Hall–Kier alpha value is -1.35. The van der Waals surface area contributed by atoms with Gasteiger partial charge in [-0.25, -0.2) is 0 Å². The summed E-state index contributed by atoms with van der Waals surface area (Å²) in [5.41, 5.74) is 2.67. The highest BCUT2D eigenvalue weighted by Crippen LogP contribution is 2.30. The molecule has 2 unspecified atom stereocenters. The number of hydrogen-bond donors (Lipinski definition) is 1. The second-order valence-electron chi connectivity index (χ2n) is 6.42. The molecule has 2 atom stereocenters. The van der Waals surface area contributed by atoms with Gasteiger partial charge in [0.25, 0.3) is 0 Å². The minimum Gasteiger partial charge on any atom is -0.481 e. The zero-order valence-electron chi connectivity index (χ0n) is 13.4. The van der Waals surface area contributed by atoms with Gasteiger partial charge in [-0.15, -0.1) is 0 Å². The highest BCUT2D eigenvalue weighted by Gasteiger charge is 2.29. The lowest BCUT2D eigenvalue weighted by Crippen LogP contribution is -2.40. The third kappa shape index (κ3) is 3.85. The largest absolute Gasteiger partial charge is 0.481 e. The first-order valence-electron chi connectivity index (χ1n) is 8.09. The maximum absolute atomic E-state index is 11.2. The van der Waals surface area contributed by atoms with Crippen LogP contribution < -0.4 is 0 Å². The van der Waals surface area contributed by atoms with Crippen LogP contribution in [0.3, 0.4) is 0 Å². The molecule has 1 N–H and O–H groups in total. The van der Waals surface area contributed by atoms with Crippen LogP contribution in [0.4, 0.5) is 0 Å². The molecule has 3 nitrogen and oxygen atoms in total. The van der Waals surface area contributed by atoms with Crippen molar-refractivity contribution in [3.63, 3.8) is 0 Å². The number of benzene rings is 1. The molecule has 1 aliphatic heterocycles. The monoisotopic (exact) mass is 289 g/mol. The molecule has 116 valence electrons. The molecular weight excluding hydrogens is 262 g/mol. The smallest absolute Gasteiger partial charge is 0.307 e. The number of likely N-dealkylation sites (tertiary alicyclic amines) is 1. The Bertz CT molecular complexity index is 467. The quantitative estimate of drug-likeness (QED) is 0.888. The molecule has 0 aliphatic carbocycles. The first-order chi connectivity index (χ1) is 10.0. The van der Waals surface area contributed by atoms with Gasteiger partial charge in [0.1, 0.15) is 0 Å². The van der Waals surface area contributed by atoms with Gasteiger partial charge in [-0.2, -0.15) is 0 Å². The maximum atomic E-state index is 11.2.